The van der Waals surface area contributed by atoms with Crippen LogP contribution in [-0.4, -0.2) is 17.9 Å². The van der Waals surface area contributed by atoms with Gasteiger partial charge in [0.1, 0.15) is 11.6 Å². The molecule has 0 fully saturated rings. The van der Waals surface area contributed by atoms with Crippen LogP contribution in [-0.2, 0) is 4.79 Å². The van der Waals surface area contributed by atoms with Gasteiger partial charge in [-0.05, 0) is 23.8 Å². The number of anilines is 1. The molecule has 2 aromatic carbocycles. The molecule has 0 radical (unpaired) electrons. The Labute approximate surface area is 141 Å². The molecule has 1 N–H and O–H groups in total. The third-order valence-corrected chi connectivity index (χ3v) is 3.11. The molecule has 0 atom stereocenters. The zero-order chi connectivity index (χ0) is 18.4. The molecule has 2 aromatic rings. The van der Waals surface area contributed by atoms with Crippen molar-refractivity contribution in [3.63, 3.8) is 0 Å². The van der Waals surface area contributed by atoms with Crippen LogP contribution in [0.5, 0.6) is 0 Å². The highest BCUT2D eigenvalue weighted by molar-refractivity contribution is 6.14. The lowest BCUT2D eigenvalue weighted by molar-refractivity contribution is -0.167. The SMILES string of the molecule is N#C/C(=C\c1cccc(NC(=O)C(F)(F)F)c1)C(=O)c1ccccc1. The fourth-order valence-corrected chi connectivity index (χ4v) is 1.97. The monoisotopic (exact) mass is 344 g/mol. The van der Waals surface area contributed by atoms with Crippen molar-refractivity contribution >= 4 is 23.5 Å². The van der Waals surface area contributed by atoms with E-state index in [1.54, 1.807) is 41.7 Å². The van der Waals surface area contributed by atoms with E-state index in [0.717, 1.165) is 0 Å². The summed E-state index contributed by atoms with van der Waals surface area (Å²) in [6, 6.07) is 15.3. The number of hydrogen-bond donors (Lipinski definition) is 1. The Morgan fingerprint density at radius 2 is 1.72 bits per heavy atom. The molecule has 0 aliphatic carbocycles. The highest BCUT2D eigenvalue weighted by Gasteiger charge is 2.38. The van der Waals surface area contributed by atoms with Gasteiger partial charge in [0.05, 0.1) is 0 Å². The highest BCUT2D eigenvalue weighted by Crippen LogP contribution is 2.20. The molecule has 0 aliphatic heterocycles. The minimum absolute atomic E-state index is 0.0967. The molecule has 0 heterocycles. The Hall–Kier alpha value is -3.40. The lowest BCUT2D eigenvalue weighted by atomic mass is 10.0. The number of nitrogens with one attached hydrogen (secondary N) is 1. The average Bonchev–Trinajstić information content (AvgIpc) is 2.59. The summed E-state index contributed by atoms with van der Waals surface area (Å²) < 4.78 is 36.8. The number of nitriles is 1. The first kappa shape index (κ1) is 17.9. The third kappa shape index (κ3) is 4.78. The van der Waals surface area contributed by atoms with E-state index >= 15 is 0 Å². The van der Waals surface area contributed by atoms with E-state index in [1.807, 2.05) is 0 Å². The number of hydrogen-bond acceptors (Lipinski definition) is 3. The van der Waals surface area contributed by atoms with Gasteiger partial charge in [-0.15, -0.1) is 0 Å². The Morgan fingerprint density at radius 1 is 1.04 bits per heavy atom. The summed E-state index contributed by atoms with van der Waals surface area (Å²) in [5.74, 6) is -2.61. The van der Waals surface area contributed by atoms with Gasteiger partial charge in [0, 0.05) is 11.3 Å². The first-order valence-electron chi connectivity index (χ1n) is 7.01. The van der Waals surface area contributed by atoms with Gasteiger partial charge in [-0.2, -0.15) is 18.4 Å². The topological polar surface area (TPSA) is 70.0 Å². The maximum atomic E-state index is 12.3. The number of rotatable bonds is 4. The number of benzene rings is 2. The average molecular weight is 344 g/mol. The van der Waals surface area contributed by atoms with Crippen molar-refractivity contribution < 1.29 is 22.8 Å². The quantitative estimate of drug-likeness (QED) is 0.518. The van der Waals surface area contributed by atoms with Gasteiger partial charge in [0.15, 0.2) is 0 Å². The number of halogens is 3. The molecule has 0 aromatic heterocycles. The number of nitrogens with zero attached hydrogens (tertiary/aromatic N) is 1. The first-order chi connectivity index (χ1) is 11.8. The van der Waals surface area contributed by atoms with Crippen LogP contribution >= 0.6 is 0 Å². The van der Waals surface area contributed by atoms with Crippen LogP contribution in [0.2, 0.25) is 0 Å². The van der Waals surface area contributed by atoms with Gasteiger partial charge in [0.2, 0.25) is 5.78 Å². The summed E-state index contributed by atoms with van der Waals surface area (Å²) in [7, 11) is 0. The Kier molecular flexibility index (Phi) is 5.35. The van der Waals surface area contributed by atoms with E-state index in [4.69, 9.17) is 0 Å². The molecular weight excluding hydrogens is 333 g/mol. The van der Waals surface area contributed by atoms with Crippen molar-refractivity contribution in [2.45, 2.75) is 6.18 Å². The van der Waals surface area contributed by atoms with Gasteiger partial charge in [0.25, 0.3) is 0 Å². The third-order valence-electron chi connectivity index (χ3n) is 3.11. The molecule has 25 heavy (non-hydrogen) atoms. The summed E-state index contributed by atoms with van der Waals surface area (Å²) in [6.07, 6.45) is -3.76. The van der Waals surface area contributed by atoms with E-state index < -0.39 is 17.9 Å². The van der Waals surface area contributed by atoms with Gasteiger partial charge < -0.3 is 5.32 Å². The smallest absolute Gasteiger partial charge is 0.318 e. The molecule has 1 amide bonds. The molecule has 0 saturated heterocycles. The number of alkyl halides is 3. The second kappa shape index (κ2) is 7.45. The van der Waals surface area contributed by atoms with Crippen LogP contribution in [0, 0.1) is 11.3 Å². The summed E-state index contributed by atoms with van der Waals surface area (Å²) in [5, 5.41) is 10.9. The fraction of sp³-hybridized carbons (Fsp3) is 0.0556. The van der Waals surface area contributed by atoms with Crippen molar-refractivity contribution in [2.24, 2.45) is 0 Å². The number of allylic oxidation sites excluding steroid dienone is 1. The van der Waals surface area contributed by atoms with Crippen molar-refractivity contribution in [3.8, 4) is 6.07 Å². The highest BCUT2D eigenvalue weighted by atomic mass is 19.4. The number of carbonyl (C=O) groups excluding carboxylic acids is 2. The second-order valence-electron chi connectivity index (χ2n) is 4.94. The maximum Gasteiger partial charge on any atom is 0.471 e. The summed E-state index contributed by atoms with van der Waals surface area (Å²) >= 11 is 0. The van der Waals surface area contributed by atoms with Crippen molar-refractivity contribution in [3.05, 3.63) is 71.3 Å². The summed E-state index contributed by atoms with van der Waals surface area (Å²) in [4.78, 5) is 23.2. The van der Waals surface area contributed by atoms with E-state index in [2.05, 4.69) is 0 Å². The van der Waals surface area contributed by atoms with E-state index in [1.165, 1.54) is 30.3 Å². The Morgan fingerprint density at radius 3 is 2.32 bits per heavy atom. The molecule has 0 spiro atoms. The number of ketones is 1. The Bertz CT molecular complexity index is 866. The molecule has 0 aliphatic rings. The normalized spacial score (nSPS) is 11.5. The predicted octanol–water partition coefficient (Wildman–Crippen LogP) is 3.98. The molecule has 7 heteroatoms. The van der Waals surface area contributed by atoms with Crippen LogP contribution in [0.25, 0.3) is 6.08 Å². The summed E-state index contributed by atoms with van der Waals surface area (Å²) in [6.45, 7) is 0. The van der Waals surface area contributed by atoms with Gasteiger partial charge in [-0.25, -0.2) is 0 Å². The predicted molar refractivity (Wildman–Crippen MR) is 85.5 cm³/mol. The lowest BCUT2D eigenvalue weighted by Crippen LogP contribution is -2.29. The van der Waals surface area contributed by atoms with Crippen LogP contribution in [0.3, 0.4) is 0 Å². The van der Waals surface area contributed by atoms with Crippen LogP contribution in [0.15, 0.2) is 60.2 Å². The molecule has 0 unspecified atom stereocenters. The zero-order valence-electron chi connectivity index (χ0n) is 12.7. The van der Waals surface area contributed by atoms with Gasteiger partial charge >= 0.3 is 12.1 Å². The first-order valence-corrected chi connectivity index (χ1v) is 7.01. The van der Waals surface area contributed by atoms with E-state index in [-0.39, 0.29) is 11.3 Å². The van der Waals surface area contributed by atoms with Crippen molar-refractivity contribution in [2.75, 3.05) is 5.32 Å². The van der Waals surface area contributed by atoms with Gasteiger partial charge in [-0.1, -0.05) is 42.5 Å². The molecule has 126 valence electrons. The van der Waals surface area contributed by atoms with Gasteiger partial charge in [-0.3, -0.25) is 9.59 Å². The molecule has 2 rings (SSSR count). The van der Waals surface area contributed by atoms with Crippen LogP contribution in [0.4, 0.5) is 18.9 Å². The number of Topliss-reactive ketones (excluding diaryl/α,β-unsaturated/α-hetero) is 1. The zero-order valence-corrected chi connectivity index (χ0v) is 12.7. The van der Waals surface area contributed by atoms with Crippen LogP contribution < -0.4 is 5.32 Å². The van der Waals surface area contributed by atoms with E-state index in [9.17, 15) is 28.0 Å². The summed E-state index contributed by atoms with van der Waals surface area (Å²) in [5.41, 5.74) is 0.351. The molecule has 0 bridgehead atoms. The second-order valence-corrected chi connectivity index (χ2v) is 4.94. The molecule has 4 nitrogen and oxygen atoms in total. The minimum Gasteiger partial charge on any atom is -0.318 e. The van der Waals surface area contributed by atoms with Crippen LogP contribution in [0.1, 0.15) is 15.9 Å². The van der Waals surface area contributed by atoms with Crippen molar-refractivity contribution in [1.82, 2.24) is 0 Å². The largest absolute Gasteiger partial charge is 0.471 e. The fourth-order valence-electron chi connectivity index (χ4n) is 1.97. The van der Waals surface area contributed by atoms with Crippen molar-refractivity contribution in [1.29, 1.82) is 5.26 Å². The molecular formula is C18H11F3N2O2. The maximum absolute atomic E-state index is 12.3. The van der Waals surface area contributed by atoms with E-state index in [0.29, 0.717) is 11.1 Å². The minimum atomic E-state index is -5.01. The standard InChI is InChI=1S/C18H11F3N2O2/c19-18(20,21)17(25)23-15-8-4-5-12(10-15)9-14(11-22)16(24)13-6-2-1-3-7-13/h1-10H,(H,23,25)/b14-9+. The number of amides is 1. The molecule has 0 saturated carbocycles. The Balaban J connectivity index is 2.27. The number of carbonyl (C=O) groups is 2. The lowest BCUT2D eigenvalue weighted by Gasteiger charge is -2.08.